The van der Waals surface area contributed by atoms with Gasteiger partial charge in [0.15, 0.2) is 0 Å². The van der Waals surface area contributed by atoms with Crippen LogP contribution in [0.15, 0.2) is 97.1 Å². The summed E-state index contributed by atoms with van der Waals surface area (Å²) in [6.45, 7) is 8.07. The summed E-state index contributed by atoms with van der Waals surface area (Å²) in [5.74, 6) is 0. The van der Waals surface area contributed by atoms with Gasteiger partial charge in [0, 0.05) is 0 Å². The van der Waals surface area contributed by atoms with Crippen LogP contribution in [-0.2, 0) is 3.12 Å². The first kappa shape index (κ1) is 23.1. The molecule has 0 heterocycles. The molecule has 0 aromatic heterocycles. The van der Waals surface area contributed by atoms with Crippen LogP contribution in [0.4, 0.5) is 0 Å². The second-order valence-electron chi connectivity index (χ2n) is 8.68. The minimum absolute atomic E-state index is 0.582. The number of hydrogen-bond acceptors (Lipinski definition) is 3. The summed E-state index contributed by atoms with van der Waals surface area (Å²) in [6.07, 6.45) is 0. The van der Waals surface area contributed by atoms with Gasteiger partial charge in [-0.2, -0.15) is 0 Å². The van der Waals surface area contributed by atoms with Gasteiger partial charge in [-0.05, 0) is 0 Å². The standard InChI is InChI=1S/4C7H7.NO3.Sb/c4*1-7-5-3-2-4-6-7;2-1(3)4;/h4*3-6H,1H3;;/q;;;;-1;+1. The molecule has 0 saturated carbocycles. The van der Waals surface area contributed by atoms with Crippen LogP contribution in [0.1, 0.15) is 22.3 Å². The zero-order valence-corrected chi connectivity index (χ0v) is 21.9. The molecule has 0 fully saturated rings. The van der Waals surface area contributed by atoms with E-state index >= 15 is 0 Å². The predicted molar refractivity (Wildman–Crippen MR) is 137 cm³/mol. The van der Waals surface area contributed by atoms with Crippen molar-refractivity contribution in [3.8, 4) is 0 Å². The number of rotatable bonds is 6. The van der Waals surface area contributed by atoms with Gasteiger partial charge in [-0.15, -0.1) is 0 Å². The summed E-state index contributed by atoms with van der Waals surface area (Å²) in [5, 5.41) is 11.8. The van der Waals surface area contributed by atoms with Gasteiger partial charge in [-0.3, -0.25) is 0 Å². The molecule has 0 spiro atoms. The maximum absolute atomic E-state index is 12.4. The summed E-state index contributed by atoms with van der Waals surface area (Å²) in [7, 11) is 0. The molecule has 33 heavy (non-hydrogen) atoms. The molecule has 0 unspecified atom stereocenters. The van der Waals surface area contributed by atoms with E-state index in [1.54, 1.807) is 0 Å². The van der Waals surface area contributed by atoms with Crippen molar-refractivity contribution in [2.24, 2.45) is 0 Å². The van der Waals surface area contributed by atoms with Gasteiger partial charge < -0.3 is 0 Å². The Kier molecular flexibility index (Phi) is 6.07. The molecular weight excluding hydrogens is 520 g/mol. The van der Waals surface area contributed by atoms with E-state index in [4.69, 9.17) is 3.12 Å². The quantitative estimate of drug-likeness (QED) is 0.208. The van der Waals surface area contributed by atoms with Crippen molar-refractivity contribution in [3.05, 3.63) is 129 Å². The first-order valence-electron chi connectivity index (χ1n) is 10.9. The molecule has 0 radical (unpaired) electrons. The Morgan fingerprint density at radius 3 is 0.909 bits per heavy atom. The van der Waals surface area contributed by atoms with Crippen LogP contribution in [0.25, 0.3) is 0 Å². The summed E-state index contributed by atoms with van der Waals surface area (Å²) >= 11 is -5.41. The average Bonchev–Trinajstić information content (AvgIpc) is 2.79. The fourth-order valence-electron chi connectivity index (χ4n) is 4.53. The van der Waals surface area contributed by atoms with Gasteiger partial charge in [-0.1, -0.05) is 0 Å². The van der Waals surface area contributed by atoms with E-state index in [1.165, 1.54) is 0 Å². The second kappa shape index (κ2) is 8.68. The van der Waals surface area contributed by atoms with E-state index in [0.29, 0.717) is 0 Å². The van der Waals surface area contributed by atoms with Crippen LogP contribution in [0.3, 0.4) is 0 Å². The van der Waals surface area contributed by atoms with Crippen LogP contribution in [-0.4, -0.2) is 22.9 Å². The van der Waals surface area contributed by atoms with Crippen LogP contribution in [0, 0.1) is 37.8 Å². The molecule has 0 saturated heterocycles. The summed E-state index contributed by atoms with van der Waals surface area (Å²) in [4.78, 5) is 12.4. The van der Waals surface area contributed by atoms with Crippen molar-refractivity contribution in [1.29, 1.82) is 0 Å². The number of nitrogens with zero attached hydrogens (tertiary/aromatic N) is 1. The van der Waals surface area contributed by atoms with E-state index in [2.05, 4.69) is 0 Å². The van der Waals surface area contributed by atoms with E-state index in [0.717, 1.165) is 36.3 Å². The van der Waals surface area contributed by atoms with Crippen molar-refractivity contribution < 1.29 is 8.20 Å². The zero-order valence-electron chi connectivity index (χ0n) is 19.4. The van der Waals surface area contributed by atoms with E-state index in [1.807, 2.05) is 125 Å². The normalized spacial score (nSPS) is 12.5. The molecule has 168 valence electrons. The Hall–Kier alpha value is -3.10. The Bertz CT molecular complexity index is 1090. The molecule has 5 heteroatoms. The third-order valence-electron chi connectivity index (χ3n) is 6.34. The van der Waals surface area contributed by atoms with Crippen molar-refractivity contribution >= 4 is 31.9 Å². The fraction of sp³-hybridized carbons (Fsp3) is 0.143. The van der Waals surface area contributed by atoms with Crippen molar-refractivity contribution in [3.63, 3.8) is 0 Å². The SMILES string of the molecule is Cc1cc[c]([Sb]([O][N+](=O)[O-])([c]2ccc(C)cc2)([c]2ccc(C)cc2)[c]2ccc(C)cc2)cc1. The van der Waals surface area contributed by atoms with E-state index in [9.17, 15) is 10.1 Å². The second-order valence-corrected chi connectivity index (χ2v) is 21.0. The first-order chi connectivity index (χ1) is 15.8. The Morgan fingerprint density at radius 2 is 0.727 bits per heavy atom. The predicted octanol–water partition coefficient (Wildman–Crippen LogP) is 3.96. The first-order valence-corrected chi connectivity index (χ1v) is 17.1. The van der Waals surface area contributed by atoms with Gasteiger partial charge in [0.2, 0.25) is 0 Å². The zero-order chi connectivity index (χ0) is 23.7. The molecule has 0 amide bonds. The molecule has 0 aliphatic heterocycles. The molecule has 4 aromatic rings. The molecule has 0 aliphatic carbocycles. The van der Waals surface area contributed by atoms with Gasteiger partial charge in [0.05, 0.1) is 0 Å². The van der Waals surface area contributed by atoms with Crippen molar-refractivity contribution in [2.45, 2.75) is 27.7 Å². The van der Waals surface area contributed by atoms with Crippen molar-refractivity contribution in [1.82, 2.24) is 0 Å². The average molecular weight is 548 g/mol. The van der Waals surface area contributed by atoms with Crippen molar-refractivity contribution in [2.75, 3.05) is 0 Å². The fourth-order valence-corrected chi connectivity index (χ4v) is 19.7. The topological polar surface area (TPSA) is 52.4 Å². The van der Waals surface area contributed by atoms with Gasteiger partial charge in [0.25, 0.3) is 0 Å². The van der Waals surface area contributed by atoms with Crippen LogP contribution >= 0.6 is 0 Å². The third-order valence-corrected chi connectivity index (χ3v) is 22.3. The summed E-state index contributed by atoms with van der Waals surface area (Å²) < 4.78 is 9.70. The number of aryl methyl sites for hydroxylation is 4. The van der Waals surface area contributed by atoms with E-state index < -0.39 is 22.9 Å². The molecule has 4 aromatic carbocycles. The Morgan fingerprint density at radius 1 is 0.515 bits per heavy atom. The molecule has 0 N–H and O–H groups in total. The van der Waals surface area contributed by atoms with Crippen LogP contribution < -0.4 is 14.0 Å². The maximum atomic E-state index is 12.4. The van der Waals surface area contributed by atoms with Crippen LogP contribution in [0.5, 0.6) is 0 Å². The molecular formula is C28H28NO3Sb. The monoisotopic (exact) mass is 547 g/mol. The van der Waals surface area contributed by atoms with Crippen LogP contribution in [0.2, 0.25) is 0 Å². The van der Waals surface area contributed by atoms with Gasteiger partial charge >= 0.3 is 197 Å². The third kappa shape index (κ3) is 3.73. The molecule has 0 aliphatic rings. The Labute approximate surface area is 196 Å². The summed E-state index contributed by atoms with van der Waals surface area (Å²) in [6, 6.07) is 32.2. The summed E-state index contributed by atoms with van der Waals surface area (Å²) in [5.41, 5.74) is 4.35. The molecule has 4 rings (SSSR count). The number of benzene rings is 4. The van der Waals surface area contributed by atoms with Gasteiger partial charge in [0.1, 0.15) is 0 Å². The molecule has 0 bridgehead atoms. The number of hydrogen-bond donors (Lipinski definition) is 0. The minimum atomic E-state index is -5.41. The Balaban J connectivity index is 2.30. The molecule has 0 atom stereocenters. The van der Waals surface area contributed by atoms with Gasteiger partial charge in [-0.25, -0.2) is 0 Å². The molecule has 4 nitrogen and oxygen atoms in total. The van der Waals surface area contributed by atoms with E-state index in [-0.39, 0.29) is 0 Å².